The molecule has 4 aromatic rings. The monoisotopic (exact) mass is 520 g/mol. The molecule has 2 heterocycles. The topological polar surface area (TPSA) is 123 Å². The molecule has 0 radical (unpaired) electrons. The maximum atomic E-state index is 13.9. The fourth-order valence-corrected chi connectivity index (χ4v) is 6.26. The number of alkyl carbamates (subject to hydrolysis) is 1. The lowest BCUT2D eigenvalue weighted by Gasteiger charge is -2.22. The van der Waals surface area contributed by atoms with Crippen molar-refractivity contribution in [3.63, 3.8) is 0 Å². The molecular weight excluding hydrogens is 492 g/mol. The maximum absolute atomic E-state index is 13.9. The van der Waals surface area contributed by atoms with Crippen LogP contribution in [0, 0.1) is 0 Å². The van der Waals surface area contributed by atoms with Gasteiger partial charge in [0, 0.05) is 5.39 Å². The fourth-order valence-electron chi connectivity index (χ4n) is 4.72. The summed E-state index contributed by atoms with van der Waals surface area (Å²) in [6, 6.07) is 13.4. The number of carbonyl (C=O) groups is 1. The molecule has 0 fully saturated rings. The lowest BCUT2D eigenvalue weighted by Crippen LogP contribution is -2.34. The van der Waals surface area contributed by atoms with E-state index in [-0.39, 0.29) is 17.5 Å². The van der Waals surface area contributed by atoms with Crippen LogP contribution in [0.5, 0.6) is 0 Å². The van der Waals surface area contributed by atoms with E-state index in [0.29, 0.717) is 35.4 Å². The summed E-state index contributed by atoms with van der Waals surface area (Å²) in [5.41, 5.74) is 2.79. The van der Waals surface area contributed by atoms with Crippen molar-refractivity contribution < 1.29 is 23.1 Å². The molecule has 2 N–H and O–H groups in total. The summed E-state index contributed by atoms with van der Waals surface area (Å²) in [6.07, 6.45) is 3.75. The lowest BCUT2D eigenvalue weighted by molar-refractivity contribution is 0.0503. The van der Waals surface area contributed by atoms with Gasteiger partial charge in [-0.25, -0.2) is 22.2 Å². The van der Waals surface area contributed by atoms with Crippen molar-refractivity contribution in [2.24, 2.45) is 0 Å². The van der Waals surface area contributed by atoms with Crippen molar-refractivity contribution in [2.75, 3.05) is 0 Å². The third-order valence-electron chi connectivity index (χ3n) is 6.23. The summed E-state index contributed by atoms with van der Waals surface area (Å²) in [4.78, 5) is 21.2. The Balaban J connectivity index is 1.67. The van der Waals surface area contributed by atoms with Crippen LogP contribution in [0.1, 0.15) is 50.1 Å². The van der Waals surface area contributed by atoms with E-state index in [2.05, 4.69) is 15.3 Å². The van der Waals surface area contributed by atoms with Gasteiger partial charge in [0.2, 0.25) is 0 Å². The molecular formula is C27H28N4O5S. The first-order chi connectivity index (χ1) is 17.6. The molecule has 0 bridgehead atoms. The number of aliphatic hydroxyl groups is 1. The number of nitrogens with zero attached hydrogens (tertiary/aromatic N) is 3. The molecule has 1 amide bonds. The Morgan fingerprint density at radius 3 is 2.62 bits per heavy atom. The van der Waals surface area contributed by atoms with Crippen molar-refractivity contribution in [3.05, 3.63) is 77.7 Å². The van der Waals surface area contributed by atoms with Crippen molar-refractivity contribution in [3.8, 4) is 11.4 Å². The standard InChI is InChI=1S/C27H28N4O5S/c1-27(2,3)36-26(33)30-22-11-9-19-20(22)10-12-24-21(19)13-25(23-15-28-14-17(16-32)29-23)31(24)37(34,35)18-7-5-4-6-8-18/h4-8,10,12-15,22,32H,9,11,16H2,1-3H3,(H,30,33)/t22-/m1/s1. The molecule has 1 aliphatic carbocycles. The Morgan fingerprint density at radius 2 is 1.92 bits per heavy atom. The largest absolute Gasteiger partial charge is 0.444 e. The number of aliphatic hydroxyl groups excluding tert-OH is 1. The van der Waals surface area contributed by atoms with Gasteiger partial charge in [-0.05, 0) is 69.0 Å². The molecule has 37 heavy (non-hydrogen) atoms. The second-order valence-corrected chi connectivity index (χ2v) is 11.8. The summed E-state index contributed by atoms with van der Waals surface area (Å²) in [5.74, 6) is 0. The van der Waals surface area contributed by atoms with Crippen LogP contribution in [-0.4, -0.2) is 39.2 Å². The highest BCUT2D eigenvalue weighted by Crippen LogP contribution is 2.40. The zero-order chi connectivity index (χ0) is 26.4. The van der Waals surface area contributed by atoms with E-state index in [1.807, 2.05) is 26.8 Å². The molecule has 1 aliphatic rings. The summed E-state index contributed by atoms with van der Waals surface area (Å²) >= 11 is 0. The molecule has 2 aromatic heterocycles. The summed E-state index contributed by atoms with van der Waals surface area (Å²) < 4.78 is 34.5. The number of aromatic nitrogens is 3. The highest BCUT2D eigenvalue weighted by Gasteiger charge is 2.31. The van der Waals surface area contributed by atoms with Crippen LogP contribution in [-0.2, 0) is 27.8 Å². The molecule has 0 saturated heterocycles. The average molecular weight is 521 g/mol. The van der Waals surface area contributed by atoms with E-state index >= 15 is 0 Å². The number of ether oxygens (including phenoxy) is 1. The van der Waals surface area contributed by atoms with Crippen molar-refractivity contribution >= 4 is 27.0 Å². The van der Waals surface area contributed by atoms with Crippen LogP contribution < -0.4 is 5.32 Å². The number of hydrogen-bond acceptors (Lipinski definition) is 7. The van der Waals surface area contributed by atoms with E-state index in [1.54, 1.807) is 42.5 Å². The van der Waals surface area contributed by atoms with Gasteiger partial charge in [0.15, 0.2) is 0 Å². The zero-order valence-electron chi connectivity index (χ0n) is 20.8. The molecule has 0 saturated carbocycles. The number of aryl methyl sites for hydroxylation is 1. The zero-order valence-corrected chi connectivity index (χ0v) is 21.6. The van der Waals surface area contributed by atoms with Gasteiger partial charge in [0.1, 0.15) is 11.3 Å². The first-order valence-corrected chi connectivity index (χ1v) is 13.4. The van der Waals surface area contributed by atoms with E-state index in [1.165, 1.54) is 16.4 Å². The van der Waals surface area contributed by atoms with Gasteiger partial charge in [0.05, 0.1) is 46.8 Å². The summed E-state index contributed by atoms with van der Waals surface area (Å²) in [5, 5.41) is 13.3. The quantitative estimate of drug-likeness (QED) is 0.401. The van der Waals surface area contributed by atoms with Crippen molar-refractivity contribution in [1.82, 2.24) is 19.3 Å². The van der Waals surface area contributed by atoms with E-state index in [4.69, 9.17) is 4.74 Å². The second-order valence-electron chi connectivity index (χ2n) is 9.97. The number of fused-ring (bicyclic) bond motifs is 3. The van der Waals surface area contributed by atoms with Crippen LogP contribution in [0.3, 0.4) is 0 Å². The minimum Gasteiger partial charge on any atom is -0.444 e. The Morgan fingerprint density at radius 1 is 1.16 bits per heavy atom. The van der Waals surface area contributed by atoms with Crippen LogP contribution in [0.4, 0.5) is 4.79 Å². The highest BCUT2D eigenvalue weighted by molar-refractivity contribution is 7.90. The molecule has 10 heteroatoms. The van der Waals surface area contributed by atoms with Gasteiger partial charge < -0.3 is 15.2 Å². The van der Waals surface area contributed by atoms with Crippen molar-refractivity contribution in [1.29, 1.82) is 0 Å². The molecule has 0 aliphatic heterocycles. The number of benzene rings is 2. The van der Waals surface area contributed by atoms with E-state index < -0.39 is 21.7 Å². The Kier molecular flexibility index (Phi) is 6.25. The number of amides is 1. The van der Waals surface area contributed by atoms with Crippen LogP contribution >= 0.6 is 0 Å². The first kappa shape index (κ1) is 24.9. The van der Waals surface area contributed by atoms with Gasteiger partial charge in [-0.15, -0.1) is 0 Å². The third-order valence-corrected chi connectivity index (χ3v) is 7.97. The smallest absolute Gasteiger partial charge is 0.408 e. The second kappa shape index (κ2) is 9.28. The normalized spacial score (nSPS) is 15.5. The molecule has 0 spiro atoms. The molecule has 9 nitrogen and oxygen atoms in total. The molecule has 5 rings (SSSR count). The van der Waals surface area contributed by atoms with Crippen LogP contribution in [0.2, 0.25) is 0 Å². The minimum absolute atomic E-state index is 0.144. The van der Waals surface area contributed by atoms with Gasteiger partial charge >= 0.3 is 6.09 Å². The lowest BCUT2D eigenvalue weighted by atomic mass is 10.0. The van der Waals surface area contributed by atoms with Gasteiger partial charge in [-0.2, -0.15) is 0 Å². The van der Waals surface area contributed by atoms with E-state index in [0.717, 1.165) is 16.5 Å². The number of hydrogen-bond donors (Lipinski definition) is 2. The van der Waals surface area contributed by atoms with Gasteiger partial charge in [-0.3, -0.25) is 4.98 Å². The average Bonchev–Trinajstić information content (AvgIpc) is 3.45. The van der Waals surface area contributed by atoms with Gasteiger partial charge in [0.25, 0.3) is 10.0 Å². The molecule has 2 aromatic carbocycles. The fraction of sp³-hybridized carbons (Fsp3) is 0.296. The molecule has 192 valence electrons. The van der Waals surface area contributed by atoms with Crippen LogP contribution in [0.15, 0.2) is 65.8 Å². The molecule has 1 atom stereocenters. The Labute approximate surface area is 215 Å². The number of carbonyl (C=O) groups excluding carboxylic acids is 1. The summed E-state index contributed by atoms with van der Waals surface area (Å²) in [7, 11) is -3.99. The van der Waals surface area contributed by atoms with Crippen molar-refractivity contribution in [2.45, 2.75) is 56.8 Å². The first-order valence-electron chi connectivity index (χ1n) is 12.0. The Bertz CT molecular complexity index is 1590. The Hall–Kier alpha value is -3.76. The predicted molar refractivity (Wildman–Crippen MR) is 138 cm³/mol. The summed E-state index contributed by atoms with van der Waals surface area (Å²) in [6.45, 7) is 5.11. The minimum atomic E-state index is -3.99. The number of rotatable bonds is 5. The van der Waals surface area contributed by atoms with Gasteiger partial charge in [-0.1, -0.05) is 24.3 Å². The predicted octanol–water partition coefficient (Wildman–Crippen LogP) is 4.34. The highest BCUT2D eigenvalue weighted by atomic mass is 32.2. The maximum Gasteiger partial charge on any atom is 0.408 e. The van der Waals surface area contributed by atoms with Crippen LogP contribution in [0.25, 0.3) is 22.3 Å². The number of nitrogens with one attached hydrogen (secondary N) is 1. The third kappa shape index (κ3) is 4.70. The van der Waals surface area contributed by atoms with E-state index in [9.17, 15) is 18.3 Å². The molecule has 0 unspecified atom stereocenters. The SMILES string of the molecule is CC(C)(C)OC(=O)N[C@@H]1CCc2c1ccc1c2cc(-c2cncc(CO)n2)n1S(=O)(=O)c1ccccc1.